The van der Waals surface area contributed by atoms with Crippen LogP contribution in [0.5, 0.6) is 0 Å². The minimum atomic E-state index is -0.177. The topological polar surface area (TPSA) is 49.8 Å². The highest BCUT2D eigenvalue weighted by Gasteiger charge is 2.36. The molecule has 0 aromatic heterocycles. The maximum absolute atomic E-state index is 12.7. The number of rotatable bonds is 1. The number of carbonyl (C=O) groups is 1. The normalized spacial score (nSPS) is 23.6. The molecule has 0 radical (unpaired) electrons. The number of morpholine rings is 1. The Morgan fingerprint density at radius 1 is 1.38 bits per heavy atom. The van der Waals surface area contributed by atoms with E-state index in [0.29, 0.717) is 18.7 Å². The Morgan fingerprint density at radius 2 is 2.10 bits per heavy atom. The average Bonchev–Trinajstić information content (AvgIpc) is 2.84. The highest BCUT2D eigenvalue weighted by Crippen LogP contribution is 2.27. The van der Waals surface area contributed by atoms with Crippen LogP contribution >= 0.6 is 0 Å². The molecule has 2 bridgehead atoms. The molecule has 2 unspecified atom stereocenters. The van der Waals surface area contributed by atoms with Gasteiger partial charge in [0.25, 0.3) is 5.91 Å². The van der Waals surface area contributed by atoms with E-state index < -0.39 is 0 Å². The van der Waals surface area contributed by atoms with Gasteiger partial charge in [-0.15, -0.1) is 0 Å². The van der Waals surface area contributed by atoms with Crippen molar-refractivity contribution in [1.82, 2.24) is 4.90 Å². The number of benzene rings is 1. The van der Waals surface area contributed by atoms with E-state index >= 15 is 0 Å². The monoisotopic (exact) mass is 285 g/mol. The number of amides is 1. The van der Waals surface area contributed by atoms with Crippen LogP contribution in [0, 0.1) is 18.8 Å². The number of hydrogen-bond acceptors (Lipinski definition) is 3. The van der Waals surface area contributed by atoms with Crippen LogP contribution in [0.4, 0.5) is 0 Å². The SMILES string of the molecule is Cc1ccc(C#CCO)cc1C(=O)N1CC2CCC(C1)O2. The number of nitrogens with zero attached hydrogens (tertiary/aromatic N) is 1. The van der Waals surface area contributed by atoms with Crippen molar-refractivity contribution >= 4 is 5.91 Å². The summed E-state index contributed by atoms with van der Waals surface area (Å²) in [5.74, 6) is 5.52. The number of likely N-dealkylation sites (tertiary alicyclic amines) is 1. The number of carbonyl (C=O) groups excluding carboxylic acids is 1. The highest BCUT2D eigenvalue weighted by atomic mass is 16.5. The van der Waals surface area contributed by atoms with Crippen LogP contribution in [0.15, 0.2) is 18.2 Å². The summed E-state index contributed by atoms with van der Waals surface area (Å²) in [5, 5.41) is 8.77. The van der Waals surface area contributed by atoms with Gasteiger partial charge in [0.1, 0.15) is 6.61 Å². The zero-order valence-corrected chi connectivity index (χ0v) is 12.1. The Morgan fingerprint density at radius 3 is 2.76 bits per heavy atom. The van der Waals surface area contributed by atoms with E-state index in [2.05, 4.69) is 11.8 Å². The third-order valence-electron chi connectivity index (χ3n) is 4.11. The van der Waals surface area contributed by atoms with Crippen LogP contribution in [-0.2, 0) is 4.74 Å². The number of hydrogen-bond donors (Lipinski definition) is 1. The number of aliphatic hydroxyl groups excluding tert-OH is 1. The summed E-state index contributed by atoms with van der Waals surface area (Å²) in [6, 6.07) is 5.60. The van der Waals surface area contributed by atoms with E-state index in [1.807, 2.05) is 30.0 Å². The van der Waals surface area contributed by atoms with E-state index in [0.717, 1.165) is 24.0 Å². The fourth-order valence-electron chi connectivity index (χ4n) is 3.02. The molecule has 1 aromatic rings. The molecular formula is C17H19NO3. The third-order valence-corrected chi connectivity index (χ3v) is 4.11. The lowest BCUT2D eigenvalue weighted by molar-refractivity contribution is -0.0303. The minimum absolute atomic E-state index is 0.0559. The molecule has 110 valence electrons. The largest absolute Gasteiger partial charge is 0.384 e. The van der Waals surface area contributed by atoms with E-state index in [1.165, 1.54) is 0 Å². The van der Waals surface area contributed by atoms with Gasteiger partial charge < -0.3 is 14.7 Å². The Kier molecular flexibility index (Phi) is 3.96. The molecule has 4 nitrogen and oxygen atoms in total. The summed E-state index contributed by atoms with van der Waals surface area (Å²) in [6.45, 7) is 3.12. The van der Waals surface area contributed by atoms with Gasteiger partial charge in [0.15, 0.2) is 0 Å². The van der Waals surface area contributed by atoms with Crippen molar-refractivity contribution in [1.29, 1.82) is 0 Å². The van der Waals surface area contributed by atoms with Gasteiger partial charge >= 0.3 is 0 Å². The van der Waals surface area contributed by atoms with Crippen LogP contribution < -0.4 is 0 Å². The van der Waals surface area contributed by atoms with Crippen molar-refractivity contribution in [3.8, 4) is 11.8 Å². The molecule has 2 atom stereocenters. The zero-order chi connectivity index (χ0) is 14.8. The molecule has 1 aromatic carbocycles. The van der Waals surface area contributed by atoms with Gasteiger partial charge in [0.05, 0.1) is 12.2 Å². The lowest BCUT2D eigenvalue weighted by Gasteiger charge is -2.32. The van der Waals surface area contributed by atoms with Gasteiger partial charge in [-0.05, 0) is 37.5 Å². The molecule has 2 fully saturated rings. The quantitative estimate of drug-likeness (QED) is 0.792. The zero-order valence-electron chi connectivity index (χ0n) is 12.1. The second-order valence-electron chi connectivity index (χ2n) is 5.66. The molecule has 0 saturated carbocycles. The predicted molar refractivity (Wildman–Crippen MR) is 78.9 cm³/mol. The highest BCUT2D eigenvalue weighted by molar-refractivity contribution is 5.96. The first kappa shape index (κ1) is 14.1. The minimum Gasteiger partial charge on any atom is -0.384 e. The van der Waals surface area contributed by atoms with Crippen molar-refractivity contribution in [2.24, 2.45) is 0 Å². The van der Waals surface area contributed by atoms with Crippen LogP contribution in [0.3, 0.4) is 0 Å². The molecule has 0 spiro atoms. The molecule has 2 aliphatic heterocycles. The van der Waals surface area contributed by atoms with Crippen LogP contribution in [-0.4, -0.2) is 47.8 Å². The molecule has 4 heteroatoms. The van der Waals surface area contributed by atoms with Gasteiger partial charge in [-0.1, -0.05) is 17.9 Å². The maximum atomic E-state index is 12.7. The van der Waals surface area contributed by atoms with Gasteiger partial charge in [0.2, 0.25) is 0 Å². The van der Waals surface area contributed by atoms with E-state index in [9.17, 15) is 4.79 Å². The van der Waals surface area contributed by atoms with E-state index in [-0.39, 0.29) is 24.7 Å². The Bertz CT molecular complexity index is 602. The Hall–Kier alpha value is -1.83. The fraction of sp³-hybridized carbons (Fsp3) is 0.471. The second-order valence-corrected chi connectivity index (χ2v) is 5.66. The first-order valence-electron chi connectivity index (χ1n) is 7.32. The summed E-state index contributed by atoms with van der Waals surface area (Å²) >= 11 is 0. The fourth-order valence-corrected chi connectivity index (χ4v) is 3.02. The van der Waals surface area contributed by atoms with Gasteiger partial charge in [-0.3, -0.25) is 4.79 Å². The van der Waals surface area contributed by atoms with Crippen molar-refractivity contribution in [2.75, 3.05) is 19.7 Å². The van der Waals surface area contributed by atoms with Gasteiger partial charge in [0, 0.05) is 24.2 Å². The van der Waals surface area contributed by atoms with E-state index in [4.69, 9.17) is 9.84 Å². The van der Waals surface area contributed by atoms with Crippen molar-refractivity contribution in [3.63, 3.8) is 0 Å². The second kappa shape index (κ2) is 5.88. The summed E-state index contributed by atoms with van der Waals surface area (Å²) in [4.78, 5) is 14.6. The Balaban J connectivity index is 1.83. The van der Waals surface area contributed by atoms with E-state index in [1.54, 1.807) is 0 Å². The molecule has 2 aliphatic rings. The predicted octanol–water partition coefficient (Wildman–Crippen LogP) is 1.34. The van der Waals surface area contributed by atoms with Crippen LogP contribution in [0.2, 0.25) is 0 Å². The number of aryl methyl sites for hydroxylation is 1. The first-order valence-corrected chi connectivity index (χ1v) is 7.32. The lowest BCUT2D eigenvalue weighted by Crippen LogP contribution is -2.46. The standard InChI is InChI=1S/C17H19NO3/c1-12-4-5-13(3-2-8-19)9-16(12)17(20)18-10-14-6-7-15(11-18)21-14/h4-5,9,14-15,19H,6-8,10-11H2,1H3. The summed E-state index contributed by atoms with van der Waals surface area (Å²) in [7, 11) is 0. The molecule has 1 amide bonds. The summed E-state index contributed by atoms with van der Waals surface area (Å²) in [6.07, 6.45) is 2.50. The summed E-state index contributed by atoms with van der Waals surface area (Å²) < 4.78 is 5.78. The molecule has 21 heavy (non-hydrogen) atoms. The molecular weight excluding hydrogens is 266 g/mol. The third kappa shape index (κ3) is 2.94. The Labute approximate surface area is 124 Å². The molecule has 0 aliphatic carbocycles. The van der Waals surface area contributed by atoms with Gasteiger partial charge in [-0.25, -0.2) is 0 Å². The van der Waals surface area contributed by atoms with Crippen LogP contribution in [0.25, 0.3) is 0 Å². The molecule has 2 saturated heterocycles. The van der Waals surface area contributed by atoms with Crippen molar-refractivity contribution in [2.45, 2.75) is 32.0 Å². The lowest BCUT2D eigenvalue weighted by atomic mass is 10.0. The van der Waals surface area contributed by atoms with Crippen LogP contribution in [0.1, 0.15) is 34.3 Å². The van der Waals surface area contributed by atoms with Crippen molar-refractivity contribution < 1.29 is 14.6 Å². The number of ether oxygens (including phenoxy) is 1. The molecule has 2 heterocycles. The van der Waals surface area contributed by atoms with Gasteiger partial charge in [-0.2, -0.15) is 0 Å². The maximum Gasteiger partial charge on any atom is 0.254 e. The molecule has 1 N–H and O–H groups in total. The molecule has 3 rings (SSSR count). The smallest absolute Gasteiger partial charge is 0.254 e. The van der Waals surface area contributed by atoms with Crippen molar-refractivity contribution in [3.05, 3.63) is 34.9 Å². The average molecular weight is 285 g/mol. The first-order chi connectivity index (χ1) is 10.2. The number of fused-ring (bicyclic) bond motifs is 2. The number of aliphatic hydroxyl groups is 1. The summed E-state index contributed by atoms with van der Waals surface area (Å²) in [5.41, 5.74) is 2.41.